The van der Waals surface area contributed by atoms with E-state index in [1.165, 1.54) is 0 Å². The summed E-state index contributed by atoms with van der Waals surface area (Å²) >= 11 is 6.03. The van der Waals surface area contributed by atoms with Crippen molar-refractivity contribution in [2.24, 2.45) is 0 Å². The molecule has 0 atom stereocenters. The third-order valence-corrected chi connectivity index (χ3v) is 3.28. The number of rotatable bonds is 6. The second-order valence-corrected chi connectivity index (χ2v) is 4.69. The summed E-state index contributed by atoms with van der Waals surface area (Å²) in [4.78, 5) is 14.2. The predicted molar refractivity (Wildman–Crippen MR) is 75.4 cm³/mol. The van der Waals surface area contributed by atoms with Gasteiger partial charge in [-0.1, -0.05) is 30.7 Å². The van der Waals surface area contributed by atoms with Crippen LogP contribution in [-0.2, 0) is 6.54 Å². The van der Waals surface area contributed by atoms with Gasteiger partial charge in [-0.25, -0.2) is 0 Å². The number of furan rings is 1. The Morgan fingerprint density at radius 1 is 1.26 bits per heavy atom. The summed E-state index contributed by atoms with van der Waals surface area (Å²) in [5.41, 5.74) is 0.571. The highest BCUT2D eigenvalue weighted by atomic mass is 35.5. The maximum atomic E-state index is 12.2. The number of benzene rings is 1. The van der Waals surface area contributed by atoms with E-state index in [9.17, 15) is 4.79 Å². The molecular formula is C15H16ClNO2. The van der Waals surface area contributed by atoms with Gasteiger partial charge in [-0.3, -0.25) is 9.69 Å². The van der Waals surface area contributed by atoms with Gasteiger partial charge in [0.25, 0.3) is 0 Å². The topological polar surface area (TPSA) is 33.5 Å². The zero-order valence-electron chi connectivity index (χ0n) is 10.8. The van der Waals surface area contributed by atoms with E-state index in [-0.39, 0.29) is 5.78 Å². The first-order valence-corrected chi connectivity index (χ1v) is 6.61. The summed E-state index contributed by atoms with van der Waals surface area (Å²) in [5, 5.41) is 0.501. The molecule has 0 saturated heterocycles. The monoisotopic (exact) mass is 277 g/mol. The molecular weight excluding hydrogens is 262 g/mol. The van der Waals surface area contributed by atoms with Crippen molar-refractivity contribution in [1.82, 2.24) is 4.90 Å². The summed E-state index contributed by atoms with van der Waals surface area (Å²) in [5.74, 6) is 0.882. The minimum Gasteiger partial charge on any atom is -0.468 e. The molecule has 0 N–H and O–H groups in total. The number of likely N-dealkylation sites (N-methyl/N-ethyl adjacent to an activating group) is 1. The minimum atomic E-state index is 0.0269. The second kappa shape index (κ2) is 6.55. The molecule has 1 aromatic carbocycles. The van der Waals surface area contributed by atoms with Crippen LogP contribution in [0.15, 0.2) is 47.1 Å². The van der Waals surface area contributed by atoms with Gasteiger partial charge >= 0.3 is 0 Å². The molecule has 2 aromatic rings. The standard InChI is InChI=1S/C15H16ClNO2/c1-2-17(10-12-6-5-9-19-12)11-15(18)13-7-3-4-8-14(13)16/h3-9H,2,10-11H2,1H3. The van der Waals surface area contributed by atoms with Crippen LogP contribution in [0.5, 0.6) is 0 Å². The van der Waals surface area contributed by atoms with E-state index < -0.39 is 0 Å². The third-order valence-electron chi connectivity index (χ3n) is 2.95. The Morgan fingerprint density at radius 3 is 2.68 bits per heavy atom. The lowest BCUT2D eigenvalue weighted by molar-refractivity contribution is 0.0925. The molecule has 0 saturated carbocycles. The molecule has 2 rings (SSSR count). The highest BCUT2D eigenvalue weighted by Crippen LogP contribution is 2.16. The average molecular weight is 278 g/mol. The van der Waals surface area contributed by atoms with Gasteiger partial charge in [-0.2, -0.15) is 0 Å². The van der Waals surface area contributed by atoms with Crippen LogP contribution >= 0.6 is 11.6 Å². The van der Waals surface area contributed by atoms with Crippen molar-refractivity contribution in [2.75, 3.05) is 13.1 Å². The van der Waals surface area contributed by atoms with Crippen LogP contribution in [0, 0.1) is 0 Å². The molecule has 0 unspecified atom stereocenters. The van der Waals surface area contributed by atoms with Crippen LogP contribution in [0.4, 0.5) is 0 Å². The molecule has 0 aliphatic carbocycles. The van der Waals surface area contributed by atoms with Crippen LogP contribution in [0.2, 0.25) is 5.02 Å². The number of halogens is 1. The molecule has 19 heavy (non-hydrogen) atoms. The predicted octanol–water partition coefficient (Wildman–Crippen LogP) is 3.64. The van der Waals surface area contributed by atoms with Crippen molar-refractivity contribution in [1.29, 1.82) is 0 Å². The summed E-state index contributed by atoms with van der Waals surface area (Å²) in [7, 11) is 0. The summed E-state index contributed by atoms with van der Waals surface area (Å²) in [6, 6.07) is 10.9. The fourth-order valence-corrected chi connectivity index (χ4v) is 2.12. The summed E-state index contributed by atoms with van der Waals surface area (Å²) in [6.07, 6.45) is 1.64. The Labute approximate surface area is 117 Å². The van der Waals surface area contributed by atoms with Crippen LogP contribution in [-0.4, -0.2) is 23.8 Å². The molecule has 0 aliphatic heterocycles. The largest absolute Gasteiger partial charge is 0.468 e. The molecule has 0 radical (unpaired) electrons. The molecule has 1 aromatic heterocycles. The molecule has 3 nitrogen and oxygen atoms in total. The third kappa shape index (κ3) is 3.69. The van der Waals surface area contributed by atoms with Crippen LogP contribution in [0.1, 0.15) is 23.0 Å². The number of ketones is 1. The maximum absolute atomic E-state index is 12.2. The summed E-state index contributed by atoms with van der Waals surface area (Å²) < 4.78 is 5.30. The normalized spacial score (nSPS) is 10.9. The second-order valence-electron chi connectivity index (χ2n) is 4.29. The number of nitrogens with zero attached hydrogens (tertiary/aromatic N) is 1. The van der Waals surface area contributed by atoms with Gasteiger partial charge in [-0.05, 0) is 30.8 Å². The average Bonchev–Trinajstić information content (AvgIpc) is 2.91. The lowest BCUT2D eigenvalue weighted by atomic mass is 10.1. The number of carbonyl (C=O) groups excluding carboxylic acids is 1. The van der Waals surface area contributed by atoms with Gasteiger partial charge in [-0.15, -0.1) is 0 Å². The number of carbonyl (C=O) groups is 1. The number of hydrogen-bond donors (Lipinski definition) is 0. The lowest BCUT2D eigenvalue weighted by Crippen LogP contribution is -2.29. The van der Waals surface area contributed by atoms with E-state index in [1.54, 1.807) is 18.4 Å². The molecule has 0 fully saturated rings. The fourth-order valence-electron chi connectivity index (χ4n) is 1.88. The van der Waals surface area contributed by atoms with Gasteiger partial charge in [0.2, 0.25) is 0 Å². The van der Waals surface area contributed by atoms with Gasteiger partial charge in [0.05, 0.1) is 24.4 Å². The molecule has 0 spiro atoms. The Balaban J connectivity index is 2.02. The SMILES string of the molecule is CCN(CC(=O)c1ccccc1Cl)Cc1ccco1. The highest BCUT2D eigenvalue weighted by molar-refractivity contribution is 6.34. The van der Waals surface area contributed by atoms with Crippen molar-refractivity contribution >= 4 is 17.4 Å². The highest BCUT2D eigenvalue weighted by Gasteiger charge is 2.14. The molecule has 0 aliphatic rings. The van der Waals surface area contributed by atoms with Crippen molar-refractivity contribution in [3.8, 4) is 0 Å². The smallest absolute Gasteiger partial charge is 0.178 e. The summed E-state index contributed by atoms with van der Waals surface area (Å²) in [6.45, 7) is 3.75. The van der Waals surface area contributed by atoms with Gasteiger partial charge in [0.1, 0.15) is 5.76 Å². The molecule has 1 heterocycles. The van der Waals surface area contributed by atoms with Crippen molar-refractivity contribution in [3.63, 3.8) is 0 Å². The molecule has 0 amide bonds. The first-order chi connectivity index (χ1) is 9.20. The van der Waals surface area contributed by atoms with Gasteiger partial charge in [0, 0.05) is 5.56 Å². The van der Waals surface area contributed by atoms with E-state index in [2.05, 4.69) is 0 Å². The Hall–Kier alpha value is -1.58. The zero-order valence-corrected chi connectivity index (χ0v) is 11.6. The van der Waals surface area contributed by atoms with Crippen molar-refractivity contribution in [2.45, 2.75) is 13.5 Å². The van der Waals surface area contributed by atoms with Gasteiger partial charge in [0.15, 0.2) is 5.78 Å². The van der Waals surface area contributed by atoms with E-state index in [0.717, 1.165) is 12.3 Å². The molecule has 0 bridgehead atoms. The van der Waals surface area contributed by atoms with Crippen molar-refractivity contribution < 1.29 is 9.21 Å². The van der Waals surface area contributed by atoms with Crippen molar-refractivity contribution in [3.05, 3.63) is 59.0 Å². The Bertz CT molecular complexity index is 537. The minimum absolute atomic E-state index is 0.0269. The van der Waals surface area contributed by atoms with E-state index >= 15 is 0 Å². The van der Waals surface area contributed by atoms with Crippen LogP contribution < -0.4 is 0 Å². The zero-order chi connectivity index (χ0) is 13.7. The van der Waals surface area contributed by atoms with Crippen LogP contribution in [0.3, 0.4) is 0 Å². The first-order valence-electron chi connectivity index (χ1n) is 6.23. The maximum Gasteiger partial charge on any atom is 0.178 e. The van der Waals surface area contributed by atoms with E-state index in [0.29, 0.717) is 23.7 Å². The Morgan fingerprint density at radius 2 is 2.05 bits per heavy atom. The Kier molecular flexibility index (Phi) is 4.77. The van der Waals surface area contributed by atoms with E-state index in [4.69, 9.17) is 16.0 Å². The first kappa shape index (κ1) is 13.8. The molecule has 100 valence electrons. The van der Waals surface area contributed by atoms with Crippen LogP contribution in [0.25, 0.3) is 0 Å². The lowest BCUT2D eigenvalue weighted by Gasteiger charge is -2.18. The number of Topliss-reactive ketones (excluding diaryl/α,β-unsaturated/α-hetero) is 1. The van der Waals surface area contributed by atoms with E-state index in [1.807, 2.05) is 36.1 Å². The van der Waals surface area contributed by atoms with Gasteiger partial charge < -0.3 is 4.42 Å². The fraction of sp³-hybridized carbons (Fsp3) is 0.267. The number of hydrogen-bond acceptors (Lipinski definition) is 3. The quantitative estimate of drug-likeness (QED) is 0.756. The molecule has 4 heteroatoms.